The number of hydrogen-bond donors (Lipinski definition) is 1. The first-order chi connectivity index (χ1) is 5.77. The smallest absolute Gasteiger partial charge is 0.231 e. The van der Waals surface area contributed by atoms with Gasteiger partial charge in [0.2, 0.25) is 5.91 Å². The van der Waals surface area contributed by atoms with Crippen LogP contribution in [-0.2, 0) is 4.79 Å². The van der Waals surface area contributed by atoms with Gasteiger partial charge in [0.15, 0.2) is 0 Å². The lowest BCUT2D eigenvalue weighted by Gasteiger charge is -1.71. The van der Waals surface area contributed by atoms with Crippen LogP contribution in [0.15, 0.2) is 36.4 Å². The zero-order valence-electron chi connectivity index (χ0n) is 6.60. The fourth-order valence-corrected chi connectivity index (χ4v) is 0.463. The Hall–Kier alpha value is -1.82. The Morgan fingerprint density at radius 3 is 1.58 bits per heavy atom. The number of rotatable bonds is 1. The minimum Gasteiger partial charge on any atom is -0.369 e. The number of nitriles is 1. The minimum atomic E-state index is -0.572. The van der Waals surface area contributed by atoms with Crippen LogP contribution in [-0.4, -0.2) is 5.91 Å². The second-order valence-electron chi connectivity index (χ2n) is 1.96. The van der Waals surface area contributed by atoms with Gasteiger partial charge in [-0.15, -0.1) is 0 Å². The van der Waals surface area contributed by atoms with Crippen molar-refractivity contribution in [3.05, 3.63) is 36.4 Å². The summed E-state index contributed by atoms with van der Waals surface area (Å²) in [6.45, 7) is 0. The Morgan fingerprint density at radius 2 is 1.50 bits per heavy atom. The lowest BCUT2D eigenvalue weighted by atomic mass is 10.4. The Labute approximate surface area is 71.4 Å². The van der Waals surface area contributed by atoms with Crippen LogP contribution in [0.2, 0.25) is 0 Å². The second kappa shape index (κ2) is 7.29. The summed E-state index contributed by atoms with van der Waals surface area (Å²) in [5.41, 5.74) is 4.54. The third kappa shape index (κ3) is 8.18. The molecule has 0 radical (unpaired) electrons. The van der Waals surface area contributed by atoms with Crippen LogP contribution >= 0.6 is 0 Å². The standard InChI is InChI=1S/C6H6.C3H4N2O/c1-2-4-6-5-3-1;4-2-1-3(5)6/h1-6H;1H2,(H2,5,6). The average molecular weight is 162 g/mol. The van der Waals surface area contributed by atoms with Crippen LogP contribution in [0.1, 0.15) is 6.42 Å². The highest BCUT2D eigenvalue weighted by molar-refractivity contribution is 5.75. The molecule has 2 N–H and O–H groups in total. The molecule has 3 heteroatoms. The highest BCUT2D eigenvalue weighted by Gasteiger charge is 1.84. The average Bonchev–Trinajstić information content (AvgIpc) is 2.08. The van der Waals surface area contributed by atoms with Crippen molar-refractivity contribution in [2.24, 2.45) is 5.73 Å². The summed E-state index contributed by atoms with van der Waals surface area (Å²) in [7, 11) is 0. The van der Waals surface area contributed by atoms with Gasteiger partial charge in [-0.25, -0.2) is 0 Å². The molecule has 0 heterocycles. The summed E-state index contributed by atoms with van der Waals surface area (Å²) in [5.74, 6) is -0.572. The number of amides is 1. The minimum absolute atomic E-state index is 0.181. The zero-order valence-corrected chi connectivity index (χ0v) is 6.60. The Morgan fingerprint density at radius 1 is 1.17 bits per heavy atom. The molecule has 0 spiro atoms. The molecule has 0 bridgehead atoms. The molecule has 0 aromatic heterocycles. The number of hydrogen-bond acceptors (Lipinski definition) is 2. The van der Waals surface area contributed by atoms with E-state index in [1.54, 1.807) is 6.07 Å². The number of carbonyl (C=O) groups excluding carboxylic acids is 1. The first-order valence-electron chi connectivity index (χ1n) is 3.42. The molecule has 0 saturated heterocycles. The van der Waals surface area contributed by atoms with E-state index in [0.717, 1.165) is 0 Å². The van der Waals surface area contributed by atoms with Gasteiger partial charge in [0.1, 0.15) is 6.42 Å². The molecule has 3 nitrogen and oxygen atoms in total. The maximum absolute atomic E-state index is 9.60. The summed E-state index contributed by atoms with van der Waals surface area (Å²) in [6.07, 6.45) is -0.181. The molecule has 0 saturated carbocycles. The Kier molecular flexibility index (Phi) is 6.18. The van der Waals surface area contributed by atoms with Gasteiger partial charge in [-0.05, 0) is 0 Å². The number of nitrogens with zero attached hydrogens (tertiary/aromatic N) is 1. The number of carbonyl (C=O) groups is 1. The topological polar surface area (TPSA) is 66.9 Å². The lowest BCUT2D eigenvalue weighted by Crippen LogP contribution is -2.07. The quantitative estimate of drug-likeness (QED) is 0.671. The molecule has 12 heavy (non-hydrogen) atoms. The van der Waals surface area contributed by atoms with Gasteiger partial charge in [-0.2, -0.15) is 5.26 Å². The van der Waals surface area contributed by atoms with Crippen molar-refractivity contribution in [3.8, 4) is 6.07 Å². The van der Waals surface area contributed by atoms with Crippen molar-refractivity contribution in [3.63, 3.8) is 0 Å². The van der Waals surface area contributed by atoms with Gasteiger partial charge in [0.05, 0.1) is 6.07 Å². The number of nitrogens with two attached hydrogens (primary N) is 1. The van der Waals surface area contributed by atoms with Crippen LogP contribution < -0.4 is 5.73 Å². The zero-order chi connectivity index (χ0) is 9.23. The largest absolute Gasteiger partial charge is 0.369 e. The van der Waals surface area contributed by atoms with Gasteiger partial charge in [0.25, 0.3) is 0 Å². The molecule has 0 aliphatic rings. The molecule has 0 atom stereocenters. The molecule has 0 aliphatic carbocycles. The maximum atomic E-state index is 9.60. The summed E-state index contributed by atoms with van der Waals surface area (Å²) < 4.78 is 0. The van der Waals surface area contributed by atoms with E-state index in [4.69, 9.17) is 5.26 Å². The molecule has 1 aromatic rings. The number of benzene rings is 1. The van der Waals surface area contributed by atoms with E-state index in [2.05, 4.69) is 5.73 Å². The van der Waals surface area contributed by atoms with Gasteiger partial charge in [-0.1, -0.05) is 36.4 Å². The van der Waals surface area contributed by atoms with Gasteiger partial charge in [-0.3, -0.25) is 4.79 Å². The van der Waals surface area contributed by atoms with E-state index in [9.17, 15) is 4.79 Å². The van der Waals surface area contributed by atoms with E-state index in [0.29, 0.717) is 0 Å². The first-order valence-corrected chi connectivity index (χ1v) is 3.42. The van der Waals surface area contributed by atoms with Crippen LogP contribution in [0.4, 0.5) is 0 Å². The highest BCUT2D eigenvalue weighted by Crippen LogP contribution is 1.79. The van der Waals surface area contributed by atoms with Crippen molar-refractivity contribution >= 4 is 5.91 Å². The van der Waals surface area contributed by atoms with Crippen LogP contribution in [0.3, 0.4) is 0 Å². The highest BCUT2D eigenvalue weighted by atomic mass is 16.1. The van der Waals surface area contributed by atoms with Crippen LogP contribution in [0.25, 0.3) is 0 Å². The third-order valence-corrected chi connectivity index (χ3v) is 0.920. The SMILES string of the molecule is N#CCC(N)=O.c1ccccc1. The summed E-state index contributed by atoms with van der Waals surface area (Å²) in [5, 5.41) is 7.69. The van der Waals surface area contributed by atoms with Crippen LogP contribution in [0, 0.1) is 11.3 Å². The second-order valence-corrected chi connectivity index (χ2v) is 1.96. The number of primary amides is 1. The first kappa shape index (κ1) is 10.2. The molecule has 62 valence electrons. The third-order valence-electron chi connectivity index (χ3n) is 0.920. The molecule has 1 amide bonds. The lowest BCUT2D eigenvalue weighted by molar-refractivity contribution is -0.117. The monoisotopic (exact) mass is 162 g/mol. The molecule has 0 fully saturated rings. The molecule has 1 aromatic carbocycles. The van der Waals surface area contributed by atoms with Gasteiger partial charge < -0.3 is 5.73 Å². The molecule has 0 aliphatic heterocycles. The Bertz CT molecular complexity index is 224. The fourth-order valence-electron chi connectivity index (χ4n) is 0.463. The normalized spacial score (nSPS) is 7.25. The van der Waals surface area contributed by atoms with E-state index in [-0.39, 0.29) is 6.42 Å². The maximum Gasteiger partial charge on any atom is 0.231 e. The van der Waals surface area contributed by atoms with E-state index in [1.807, 2.05) is 36.4 Å². The predicted molar refractivity (Wildman–Crippen MR) is 45.9 cm³/mol. The fraction of sp³-hybridized carbons (Fsp3) is 0.111. The van der Waals surface area contributed by atoms with E-state index in [1.165, 1.54) is 0 Å². The summed E-state index contributed by atoms with van der Waals surface area (Å²) in [6, 6.07) is 13.6. The van der Waals surface area contributed by atoms with Crippen molar-refractivity contribution < 1.29 is 4.79 Å². The van der Waals surface area contributed by atoms with Crippen molar-refractivity contribution in [2.45, 2.75) is 6.42 Å². The van der Waals surface area contributed by atoms with Crippen molar-refractivity contribution in [1.82, 2.24) is 0 Å². The van der Waals surface area contributed by atoms with Crippen LogP contribution in [0.5, 0.6) is 0 Å². The van der Waals surface area contributed by atoms with E-state index >= 15 is 0 Å². The summed E-state index contributed by atoms with van der Waals surface area (Å²) >= 11 is 0. The molecular formula is C9H10N2O. The van der Waals surface area contributed by atoms with Gasteiger partial charge in [0, 0.05) is 0 Å². The summed E-state index contributed by atoms with van der Waals surface area (Å²) in [4.78, 5) is 9.60. The Balaban J connectivity index is 0.000000202. The molecule has 1 rings (SSSR count). The molecule has 0 unspecified atom stereocenters. The molecular weight excluding hydrogens is 152 g/mol. The van der Waals surface area contributed by atoms with Crippen molar-refractivity contribution in [2.75, 3.05) is 0 Å². The van der Waals surface area contributed by atoms with Crippen molar-refractivity contribution in [1.29, 1.82) is 5.26 Å². The van der Waals surface area contributed by atoms with E-state index < -0.39 is 5.91 Å². The predicted octanol–water partition coefficient (Wildman–Crippen LogP) is 1.07. The van der Waals surface area contributed by atoms with Gasteiger partial charge >= 0.3 is 0 Å².